The Balaban J connectivity index is 2.62. The zero-order chi connectivity index (χ0) is 13.1. The van der Waals surface area contributed by atoms with E-state index >= 15 is 0 Å². The van der Waals surface area contributed by atoms with Crippen LogP contribution >= 0.6 is 0 Å². The highest BCUT2D eigenvalue weighted by Crippen LogP contribution is 2.34. The molecule has 1 N–H and O–H groups in total. The molecule has 2 unspecified atom stereocenters. The molecule has 0 radical (unpaired) electrons. The van der Waals surface area contributed by atoms with E-state index in [-0.39, 0.29) is 12.1 Å². The Hall–Kier alpha value is -0.830. The molecule has 98 valence electrons. The van der Waals surface area contributed by atoms with Gasteiger partial charge < -0.3 is 9.84 Å². The van der Waals surface area contributed by atoms with Crippen molar-refractivity contribution in [1.29, 1.82) is 0 Å². The number of hydrogen-bond acceptors (Lipinski definition) is 3. The average molecular weight is 240 g/mol. The van der Waals surface area contributed by atoms with Crippen LogP contribution in [0.5, 0.6) is 0 Å². The number of ether oxygens (including phenoxy) is 1. The third-order valence-electron chi connectivity index (χ3n) is 3.63. The normalized spacial score (nSPS) is 26.1. The minimum atomic E-state index is -0.472. The van der Waals surface area contributed by atoms with Gasteiger partial charge in [-0.1, -0.05) is 13.0 Å². The predicted octanol–water partition coefficient (Wildman–Crippen LogP) is 2.83. The molecule has 0 aromatic heterocycles. The molecule has 0 aromatic rings. The molecule has 0 spiro atoms. The molecule has 17 heavy (non-hydrogen) atoms. The van der Waals surface area contributed by atoms with Crippen molar-refractivity contribution in [3.63, 3.8) is 0 Å². The number of hydrogen-bond donors (Lipinski definition) is 1. The summed E-state index contributed by atoms with van der Waals surface area (Å²) in [5, 5.41) is 9.62. The van der Waals surface area contributed by atoms with Crippen molar-refractivity contribution < 1.29 is 14.6 Å². The molecule has 0 saturated heterocycles. The monoisotopic (exact) mass is 240 g/mol. The number of carbonyl (C=O) groups excluding carboxylic acids is 1. The molecule has 0 aliphatic heterocycles. The van der Waals surface area contributed by atoms with Crippen LogP contribution in [0.25, 0.3) is 0 Å². The minimum absolute atomic E-state index is 0.187. The van der Waals surface area contributed by atoms with Gasteiger partial charge in [-0.25, -0.2) is 4.79 Å². The zero-order valence-corrected chi connectivity index (χ0v) is 11.2. The van der Waals surface area contributed by atoms with E-state index in [1.54, 1.807) is 6.92 Å². The van der Waals surface area contributed by atoms with Crippen LogP contribution in [0.15, 0.2) is 12.2 Å². The van der Waals surface area contributed by atoms with Crippen LogP contribution < -0.4 is 0 Å². The molecule has 3 heteroatoms. The first kappa shape index (κ1) is 14.2. The van der Waals surface area contributed by atoms with Gasteiger partial charge in [0.05, 0.1) is 6.10 Å². The number of aliphatic hydroxyl groups excluding tert-OH is 1. The van der Waals surface area contributed by atoms with Crippen molar-refractivity contribution in [1.82, 2.24) is 0 Å². The fraction of sp³-hybridized carbons (Fsp3) is 0.786. The lowest BCUT2D eigenvalue weighted by molar-refractivity contribution is -0.157. The van der Waals surface area contributed by atoms with Crippen molar-refractivity contribution in [3.8, 4) is 0 Å². The number of rotatable bonds is 3. The molecule has 1 aliphatic carbocycles. The van der Waals surface area contributed by atoms with E-state index in [0.717, 1.165) is 32.1 Å². The Morgan fingerprint density at radius 3 is 2.53 bits per heavy atom. The van der Waals surface area contributed by atoms with E-state index in [4.69, 9.17) is 4.74 Å². The topological polar surface area (TPSA) is 46.5 Å². The fourth-order valence-corrected chi connectivity index (χ4v) is 2.39. The lowest BCUT2D eigenvalue weighted by Gasteiger charge is -2.33. The van der Waals surface area contributed by atoms with E-state index in [1.165, 1.54) is 0 Å². The molecule has 2 atom stereocenters. The summed E-state index contributed by atoms with van der Waals surface area (Å²) in [5.41, 5.74) is -0.0353. The molecule has 1 aliphatic rings. The lowest BCUT2D eigenvalue weighted by atomic mass is 9.84. The summed E-state index contributed by atoms with van der Waals surface area (Å²) < 4.78 is 5.51. The van der Waals surface area contributed by atoms with Gasteiger partial charge in [0.2, 0.25) is 0 Å². The van der Waals surface area contributed by atoms with Crippen LogP contribution in [-0.4, -0.2) is 22.8 Å². The molecule has 0 amide bonds. The lowest BCUT2D eigenvalue weighted by Crippen LogP contribution is -2.36. The van der Waals surface area contributed by atoms with Gasteiger partial charge in [-0.15, -0.1) is 0 Å². The Labute approximate surface area is 104 Å². The first-order valence-electron chi connectivity index (χ1n) is 6.40. The Bertz CT molecular complexity index is 294. The van der Waals surface area contributed by atoms with Crippen LogP contribution in [-0.2, 0) is 9.53 Å². The van der Waals surface area contributed by atoms with E-state index in [9.17, 15) is 9.90 Å². The maximum absolute atomic E-state index is 11.6. The van der Waals surface area contributed by atoms with E-state index in [2.05, 4.69) is 6.58 Å². The van der Waals surface area contributed by atoms with Crippen LogP contribution in [0.1, 0.15) is 52.9 Å². The van der Waals surface area contributed by atoms with Crippen molar-refractivity contribution in [2.45, 2.75) is 64.6 Å². The van der Waals surface area contributed by atoms with E-state index in [0.29, 0.717) is 11.5 Å². The highest BCUT2D eigenvalue weighted by Gasteiger charge is 2.34. The summed E-state index contributed by atoms with van der Waals surface area (Å²) in [6, 6.07) is 0. The first-order chi connectivity index (χ1) is 7.83. The third-order valence-corrected chi connectivity index (χ3v) is 3.63. The zero-order valence-electron chi connectivity index (χ0n) is 11.2. The van der Waals surface area contributed by atoms with Crippen molar-refractivity contribution in [2.24, 2.45) is 5.92 Å². The molecular weight excluding hydrogens is 216 g/mol. The van der Waals surface area contributed by atoms with E-state index < -0.39 is 5.60 Å². The summed E-state index contributed by atoms with van der Waals surface area (Å²) in [7, 11) is 0. The first-order valence-corrected chi connectivity index (χ1v) is 6.40. The van der Waals surface area contributed by atoms with E-state index in [1.807, 2.05) is 13.8 Å². The SMILES string of the molecule is C=C(C)C(=O)OC(C)(C)C1CCCC(O)CC1. The highest BCUT2D eigenvalue weighted by atomic mass is 16.6. The summed E-state index contributed by atoms with van der Waals surface area (Å²) in [6.07, 6.45) is 4.40. The van der Waals surface area contributed by atoms with Crippen LogP contribution in [0, 0.1) is 5.92 Å². The Morgan fingerprint density at radius 2 is 1.94 bits per heavy atom. The Kier molecular flexibility index (Phi) is 4.75. The second-order valence-electron chi connectivity index (χ2n) is 5.63. The second-order valence-corrected chi connectivity index (χ2v) is 5.63. The summed E-state index contributed by atoms with van der Waals surface area (Å²) in [6.45, 7) is 9.17. The molecule has 0 bridgehead atoms. The van der Waals surface area contributed by atoms with Gasteiger partial charge in [0.15, 0.2) is 0 Å². The van der Waals surface area contributed by atoms with Gasteiger partial charge in [0.1, 0.15) is 5.60 Å². The van der Waals surface area contributed by atoms with Crippen molar-refractivity contribution in [2.75, 3.05) is 0 Å². The average Bonchev–Trinajstić information content (AvgIpc) is 2.42. The van der Waals surface area contributed by atoms with Gasteiger partial charge >= 0.3 is 5.97 Å². The quantitative estimate of drug-likeness (QED) is 0.469. The highest BCUT2D eigenvalue weighted by molar-refractivity contribution is 5.87. The fourth-order valence-electron chi connectivity index (χ4n) is 2.39. The molecular formula is C14H24O3. The van der Waals surface area contributed by atoms with Crippen molar-refractivity contribution in [3.05, 3.63) is 12.2 Å². The second kappa shape index (κ2) is 5.67. The van der Waals surface area contributed by atoms with Gasteiger partial charge in [-0.3, -0.25) is 0 Å². The standard InChI is InChI=1S/C14H24O3/c1-10(2)13(16)17-14(3,4)11-6-5-7-12(15)9-8-11/h11-12,15H,1,5-9H2,2-4H3. The molecule has 0 aromatic carbocycles. The van der Waals surface area contributed by atoms with Crippen LogP contribution in [0.3, 0.4) is 0 Å². The number of carbonyl (C=O) groups is 1. The summed E-state index contributed by atoms with van der Waals surface area (Å²) >= 11 is 0. The minimum Gasteiger partial charge on any atom is -0.456 e. The molecule has 3 nitrogen and oxygen atoms in total. The number of aliphatic hydroxyl groups is 1. The van der Waals surface area contributed by atoms with Crippen LogP contribution in [0.4, 0.5) is 0 Å². The molecule has 0 heterocycles. The van der Waals surface area contributed by atoms with Gasteiger partial charge in [-0.05, 0) is 52.4 Å². The third kappa shape index (κ3) is 4.15. The summed E-state index contributed by atoms with van der Waals surface area (Å²) in [5.74, 6) is 0.00254. The van der Waals surface area contributed by atoms with Gasteiger partial charge in [-0.2, -0.15) is 0 Å². The van der Waals surface area contributed by atoms with Gasteiger partial charge in [0.25, 0.3) is 0 Å². The molecule has 1 saturated carbocycles. The number of esters is 1. The largest absolute Gasteiger partial charge is 0.456 e. The maximum Gasteiger partial charge on any atom is 0.333 e. The summed E-state index contributed by atoms with van der Waals surface area (Å²) in [4.78, 5) is 11.6. The van der Waals surface area contributed by atoms with Crippen molar-refractivity contribution >= 4 is 5.97 Å². The maximum atomic E-state index is 11.6. The van der Waals surface area contributed by atoms with Gasteiger partial charge in [0, 0.05) is 5.57 Å². The smallest absolute Gasteiger partial charge is 0.333 e. The van der Waals surface area contributed by atoms with Crippen LogP contribution in [0.2, 0.25) is 0 Å². The predicted molar refractivity (Wildman–Crippen MR) is 67.6 cm³/mol. The molecule has 1 rings (SSSR count). The Morgan fingerprint density at radius 1 is 1.29 bits per heavy atom. The molecule has 1 fully saturated rings.